The number of benzene rings is 1. The molecule has 0 saturated heterocycles. The number of allylic oxidation sites excluding steroid dienone is 1. The lowest BCUT2D eigenvalue weighted by atomic mass is 9.89. The van der Waals surface area contributed by atoms with Crippen LogP contribution in [0.15, 0.2) is 36.4 Å². The first-order valence-corrected chi connectivity index (χ1v) is 9.79. The van der Waals surface area contributed by atoms with Crippen molar-refractivity contribution in [2.45, 2.75) is 77.6 Å². The van der Waals surface area contributed by atoms with Crippen LogP contribution >= 0.6 is 0 Å². The van der Waals surface area contributed by atoms with Crippen LogP contribution in [0.4, 0.5) is 0 Å². The van der Waals surface area contributed by atoms with Crippen molar-refractivity contribution in [3.05, 3.63) is 42.0 Å². The minimum absolute atomic E-state index is 0.324. The van der Waals surface area contributed by atoms with Gasteiger partial charge in [-0.15, -0.1) is 0 Å². The summed E-state index contributed by atoms with van der Waals surface area (Å²) in [6, 6.07) is 7.58. The van der Waals surface area contributed by atoms with Crippen LogP contribution in [-0.4, -0.2) is 16.2 Å². The third-order valence-corrected chi connectivity index (χ3v) is 4.67. The van der Waals surface area contributed by atoms with Gasteiger partial charge in [-0.1, -0.05) is 76.5 Å². The molecule has 0 saturated carbocycles. The number of unbranched alkanes of at least 4 members (excludes halogenated alkanes) is 6. The lowest BCUT2D eigenvalue weighted by Crippen LogP contribution is -2.05. The number of phenolic OH excluding ortho intramolecular Hbond substituents is 1. The summed E-state index contributed by atoms with van der Waals surface area (Å²) in [6.45, 7) is 2.24. The lowest BCUT2D eigenvalue weighted by molar-refractivity contribution is -0.131. The summed E-state index contributed by atoms with van der Waals surface area (Å²) in [7, 11) is 0. The van der Waals surface area contributed by atoms with Crippen molar-refractivity contribution in [2.24, 2.45) is 5.92 Å². The van der Waals surface area contributed by atoms with Gasteiger partial charge in [0, 0.05) is 6.08 Å². The highest BCUT2D eigenvalue weighted by molar-refractivity contribution is 5.79. The van der Waals surface area contributed by atoms with E-state index in [1.807, 2.05) is 12.1 Å². The summed E-state index contributed by atoms with van der Waals surface area (Å²) in [5.74, 6) is 0.136. The quantitative estimate of drug-likeness (QED) is 0.315. The fourth-order valence-corrected chi connectivity index (χ4v) is 3.23. The van der Waals surface area contributed by atoms with Crippen LogP contribution in [0.25, 0.3) is 0 Å². The van der Waals surface area contributed by atoms with Gasteiger partial charge in [-0.3, -0.25) is 0 Å². The maximum absolute atomic E-state index is 10.5. The summed E-state index contributed by atoms with van der Waals surface area (Å²) in [5, 5.41) is 18.0. The maximum atomic E-state index is 10.5. The van der Waals surface area contributed by atoms with Gasteiger partial charge in [-0.2, -0.15) is 0 Å². The fraction of sp³-hybridized carbons (Fsp3) is 0.591. The van der Waals surface area contributed by atoms with E-state index in [9.17, 15) is 9.90 Å². The van der Waals surface area contributed by atoms with Crippen LogP contribution in [-0.2, 0) is 11.2 Å². The van der Waals surface area contributed by atoms with Crippen molar-refractivity contribution in [3.8, 4) is 5.75 Å². The van der Waals surface area contributed by atoms with Gasteiger partial charge in [-0.05, 0) is 42.9 Å². The molecule has 3 nitrogen and oxygen atoms in total. The number of aromatic hydroxyl groups is 1. The fourth-order valence-electron chi connectivity index (χ4n) is 3.23. The van der Waals surface area contributed by atoms with Crippen molar-refractivity contribution in [3.63, 3.8) is 0 Å². The van der Waals surface area contributed by atoms with E-state index in [2.05, 4.69) is 6.92 Å². The molecular weight excluding hydrogens is 312 g/mol. The number of phenols is 1. The first kappa shape index (κ1) is 21.3. The first-order chi connectivity index (χ1) is 12.1. The standard InChI is InChI=1S/C22H34O3/c1-2-3-4-5-8-11-19(12-9-6-7-10-13-22(24)25)18-20-14-16-21(23)17-15-20/h10,13-17,19,23H,2-9,11-12,18H2,1H3,(H,24,25). The molecule has 0 bridgehead atoms. The summed E-state index contributed by atoms with van der Waals surface area (Å²) >= 11 is 0. The van der Waals surface area contributed by atoms with Crippen molar-refractivity contribution in [2.75, 3.05) is 0 Å². The smallest absolute Gasteiger partial charge is 0.327 e. The molecule has 3 heteroatoms. The Morgan fingerprint density at radius 1 is 1.00 bits per heavy atom. The van der Waals surface area contributed by atoms with Gasteiger partial charge in [0.05, 0.1) is 0 Å². The molecular formula is C22H34O3. The SMILES string of the molecule is CCCCCCCC(CCCCC=CC(=O)O)Cc1ccc(O)cc1. The number of hydrogen-bond donors (Lipinski definition) is 2. The van der Waals surface area contributed by atoms with Gasteiger partial charge >= 0.3 is 5.97 Å². The van der Waals surface area contributed by atoms with E-state index in [4.69, 9.17) is 5.11 Å². The van der Waals surface area contributed by atoms with Gasteiger partial charge < -0.3 is 10.2 Å². The highest BCUT2D eigenvalue weighted by Crippen LogP contribution is 2.23. The molecule has 25 heavy (non-hydrogen) atoms. The first-order valence-electron chi connectivity index (χ1n) is 9.79. The Morgan fingerprint density at radius 2 is 1.64 bits per heavy atom. The van der Waals surface area contributed by atoms with Crippen LogP contribution in [0.2, 0.25) is 0 Å². The minimum Gasteiger partial charge on any atom is -0.508 e. The molecule has 0 radical (unpaired) electrons. The Kier molecular flexibility index (Phi) is 11.5. The van der Waals surface area contributed by atoms with Crippen molar-refractivity contribution in [1.29, 1.82) is 0 Å². The van der Waals surface area contributed by atoms with Gasteiger partial charge in [0.25, 0.3) is 0 Å². The average Bonchev–Trinajstić information content (AvgIpc) is 2.59. The highest BCUT2D eigenvalue weighted by atomic mass is 16.4. The van der Waals surface area contributed by atoms with E-state index in [0.29, 0.717) is 11.7 Å². The topological polar surface area (TPSA) is 57.5 Å². The van der Waals surface area contributed by atoms with Crippen LogP contribution in [0.5, 0.6) is 5.75 Å². The number of carboxylic acid groups (broad SMARTS) is 1. The summed E-state index contributed by atoms with van der Waals surface area (Å²) < 4.78 is 0. The molecule has 0 fully saturated rings. The molecule has 1 aromatic rings. The molecule has 0 aliphatic heterocycles. The number of rotatable bonds is 14. The molecule has 0 amide bonds. The summed E-state index contributed by atoms with van der Waals surface area (Å²) in [6.07, 6.45) is 16.1. The second-order valence-electron chi connectivity index (χ2n) is 6.96. The van der Waals surface area contributed by atoms with Crippen LogP contribution in [0.3, 0.4) is 0 Å². The van der Waals surface area contributed by atoms with E-state index in [0.717, 1.165) is 25.7 Å². The maximum Gasteiger partial charge on any atom is 0.327 e. The van der Waals surface area contributed by atoms with E-state index in [1.165, 1.54) is 56.6 Å². The molecule has 0 aliphatic rings. The number of carbonyl (C=O) groups is 1. The van der Waals surface area contributed by atoms with E-state index in [1.54, 1.807) is 18.2 Å². The average molecular weight is 347 g/mol. The molecule has 0 spiro atoms. The van der Waals surface area contributed by atoms with Crippen molar-refractivity contribution < 1.29 is 15.0 Å². The molecule has 2 N–H and O–H groups in total. The number of carboxylic acids is 1. The predicted octanol–water partition coefficient (Wildman–Crippen LogP) is 6.11. The van der Waals surface area contributed by atoms with Gasteiger partial charge in [0.2, 0.25) is 0 Å². The van der Waals surface area contributed by atoms with E-state index in [-0.39, 0.29) is 0 Å². The third kappa shape index (κ3) is 11.4. The van der Waals surface area contributed by atoms with Gasteiger partial charge in [-0.25, -0.2) is 4.79 Å². The monoisotopic (exact) mass is 346 g/mol. The molecule has 0 aromatic heterocycles. The van der Waals surface area contributed by atoms with E-state index >= 15 is 0 Å². The van der Waals surface area contributed by atoms with Crippen LogP contribution in [0, 0.1) is 5.92 Å². The molecule has 1 unspecified atom stereocenters. The highest BCUT2D eigenvalue weighted by Gasteiger charge is 2.10. The van der Waals surface area contributed by atoms with Crippen molar-refractivity contribution in [1.82, 2.24) is 0 Å². The Morgan fingerprint density at radius 3 is 2.28 bits per heavy atom. The zero-order chi connectivity index (χ0) is 18.3. The number of hydrogen-bond acceptors (Lipinski definition) is 2. The molecule has 140 valence electrons. The van der Waals surface area contributed by atoms with Crippen LogP contribution in [0.1, 0.15) is 76.7 Å². The zero-order valence-electron chi connectivity index (χ0n) is 15.6. The largest absolute Gasteiger partial charge is 0.508 e. The number of aliphatic carboxylic acids is 1. The van der Waals surface area contributed by atoms with E-state index < -0.39 is 5.97 Å². The van der Waals surface area contributed by atoms with Gasteiger partial charge in [0.1, 0.15) is 5.75 Å². The Labute approximate surface area is 152 Å². The predicted molar refractivity (Wildman–Crippen MR) is 104 cm³/mol. The minimum atomic E-state index is -0.864. The summed E-state index contributed by atoms with van der Waals surface area (Å²) in [4.78, 5) is 10.5. The molecule has 1 atom stereocenters. The lowest BCUT2D eigenvalue weighted by Gasteiger charge is -2.17. The third-order valence-electron chi connectivity index (χ3n) is 4.67. The summed E-state index contributed by atoms with van der Waals surface area (Å²) in [5.41, 5.74) is 1.29. The van der Waals surface area contributed by atoms with Crippen molar-refractivity contribution >= 4 is 5.97 Å². The Bertz CT molecular complexity index is 490. The Hall–Kier alpha value is -1.77. The second kappa shape index (κ2) is 13.5. The molecule has 1 aromatic carbocycles. The Balaban J connectivity index is 2.38. The van der Waals surface area contributed by atoms with Crippen LogP contribution < -0.4 is 0 Å². The molecule has 1 rings (SSSR count). The molecule has 0 heterocycles. The molecule has 0 aliphatic carbocycles. The zero-order valence-corrected chi connectivity index (χ0v) is 15.6. The van der Waals surface area contributed by atoms with Gasteiger partial charge in [0.15, 0.2) is 0 Å². The second-order valence-corrected chi connectivity index (χ2v) is 6.96. The normalized spacial score (nSPS) is 12.5.